The minimum absolute atomic E-state index is 0.475. The highest BCUT2D eigenvalue weighted by molar-refractivity contribution is 5.77. The van der Waals surface area contributed by atoms with Gasteiger partial charge < -0.3 is 9.47 Å². The Labute approximate surface area is 133 Å². The van der Waals surface area contributed by atoms with Gasteiger partial charge in [0.1, 0.15) is 11.4 Å². The summed E-state index contributed by atoms with van der Waals surface area (Å²) >= 11 is 0. The minimum Gasteiger partial charge on any atom is -0.428 e. The SMILES string of the molecule is CC(C)=CC(=C(C)C)c1ccc(OC(=O)OC(C)(C)C)cc1. The first kappa shape index (κ1) is 18.0. The number of rotatable bonds is 3. The Morgan fingerprint density at radius 2 is 1.55 bits per heavy atom. The number of ether oxygens (including phenoxy) is 2. The first-order chi connectivity index (χ1) is 10.1. The Kier molecular flexibility index (Phi) is 5.98. The van der Waals surface area contributed by atoms with Gasteiger partial charge in [0.2, 0.25) is 0 Å². The third-order valence-corrected chi connectivity index (χ3v) is 2.73. The van der Waals surface area contributed by atoms with E-state index in [0.717, 1.165) is 5.56 Å². The topological polar surface area (TPSA) is 35.5 Å². The van der Waals surface area contributed by atoms with E-state index in [9.17, 15) is 4.79 Å². The Bertz CT molecular complexity index is 576. The summed E-state index contributed by atoms with van der Waals surface area (Å²) in [5.41, 5.74) is 4.20. The summed E-state index contributed by atoms with van der Waals surface area (Å²) in [4.78, 5) is 11.6. The molecule has 0 saturated heterocycles. The normalized spacial score (nSPS) is 10.7. The van der Waals surface area contributed by atoms with E-state index in [1.165, 1.54) is 16.7 Å². The Hall–Kier alpha value is -2.03. The van der Waals surface area contributed by atoms with E-state index in [2.05, 4.69) is 33.8 Å². The molecule has 1 aromatic rings. The molecule has 0 heterocycles. The van der Waals surface area contributed by atoms with Gasteiger partial charge >= 0.3 is 6.16 Å². The summed E-state index contributed by atoms with van der Waals surface area (Å²) in [5, 5.41) is 0. The number of carbonyl (C=O) groups excluding carboxylic acids is 1. The summed E-state index contributed by atoms with van der Waals surface area (Å²) in [6.45, 7) is 13.7. The Balaban J connectivity index is 2.89. The maximum absolute atomic E-state index is 11.6. The lowest BCUT2D eigenvalue weighted by Crippen LogP contribution is -2.25. The molecule has 0 spiro atoms. The molecule has 1 rings (SSSR count). The van der Waals surface area contributed by atoms with Gasteiger partial charge in [0, 0.05) is 0 Å². The van der Waals surface area contributed by atoms with Crippen molar-refractivity contribution >= 4 is 11.7 Å². The van der Waals surface area contributed by atoms with Gasteiger partial charge in [0.15, 0.2) is 0 Å². The van der Waals surface area contributed by atoms with Crippen LogP contribution in [0.15, 0.2) is 41.5 Å². The second kappa shape index (κ2) is 7.30. The van der Waals surface area contributed by atoms with Crippen LogP contribution in [-0.4, -0.2) is 11.8 Å². The van der Waals surface area contributed by atoms with Crippen LogP contribution in [0.5, 0.6) is 5.75 Å². The molecule has 0 aliphatic heterocycles. The van der Waals surface area contributed by atoms with Crippen molar-refractivity contribution in [2.24, 2.45) is 0 Å². The summed E-state index contributed by atoms with van der Waals surface area (Å²) < 4.78 is 10.3. The van der Waals surface area contributed by atoms with Crippen LogP contribution in [0.1, 0.15) is 54.0 Å². The van der Waals surface area contributed by atoms with Gasteiger partial charge in [-0.3, -0.25) is 0 Å². The average Bonchev–Trinajstić information content (AvgIpc) is 2.34. The van der Waals surface area contributed by atoms with Crippen molar-refractivity contribution in [2.45, 2.75) is 54.1 Å². The third-order valence-electron chi connectivity index (χ3n) is 2.73. The zero-order valence-electron chi connectivity index (χ0n) is 14.6. The van der Waals surface area contributed by atoms with Crippen molar-refractivity contribution in [3.05, 3.63) is 47.1 Å². The van der Waals surface area contributed by atoms with Crippen molar-refractivity contribution in [1.29, 1.82) is 0 Å². The molecule has 0 N–H and O–H groups in total. The van der Waals surface area contributed by atoms with Crippen molar-refractivity contribution in [2.75, 3.05) is 0 Å². The zero-order chi connectivity index (χ0) is 16.9. The van der Waals surface area contributed by atoms with Gasteiger partial charge in [-0.05, 0) is 71.7 Å². The fraction of sp³-hybridized carbons (Fsp3) is 0.421. The summed E-state index contributed by atoms with van der Waals surface area (Å²) in [7, 11) is 0. The minimum atomic E-state index is -0.688. The van der Waals surface area contributed by atoms with Crippen LogP contribution in [0.25, 0.3) is 5.57 Å². The summed E-state index contributed by atoms with van der Waals surface area (Å²) in [6.07, 6.45) is 1.46. The number of carbonyl (C=O) groups is 1. The quantitative estimate of drug-likeness (QED) is 0.404. The van der Waals surface area contributed by atoms with Crippen molar-refractivity contribution < 1.29 is 14.3 Å². The van der Waals surface area contributed by atoms with Gasteiger partial charge in [-0.15, -0.1) is 0 Å². The molecule has 3 heteroatoms. The molecule has 22 heavy (non-hydrogen) atoms. The van der Waals surface area contributed by atoms with E-state index < -0.39 is 11.8 Å². The van der Waals surface area contributed by atoms with Gasteiger partial charge in [-0.1, -0.05) is 29.4 Å². The van der Waals surface area contributed by atoms with Crippen molar-refractivity contribution in [3.8, 4) is 5.75 Å². The Morgan fingerprint density at radius 3 is 1.95 bits per heavy atom. The second-order valence-electron chi connectivity index (χ2n) is 6.73. The molecule has 0 bridgehead atoms. The molecular formula is C19H26O3. The van der Waals surface area contributed by atoms with E-state index >= 15 is 0 Å². The first-order valence-electron chi connectivity index (χ1n) is 7.42. The lowest BCUT2D eigenvalue weighted by molar-refractivity contribution is 0.0206. The molecule has 0 radical (unpaired) electrons. The highest BCUT2D eigenvalue weighted by Gasteiger charge is 2.18. The predicted octanol–water partition coefficient (Wildman–Crippen LogP) is 5.76. The number of hydrogen-bond donors (Lipinski definition) is 0. The van der Waals surface area contributed by atoms with Gasteiger partial charge in [-0.25, -0.2) is 4.79 Å². The van der Waals surface area contributed by atoms with Crippen LogP contribution in [0, 0.1) is 0 Å². The van der Waals surface area contributed by atoms with E-state index in [-0.39, 0.29) is 0 Å². The molecule has 3 nitrogen and oxygen atoms in total. The van der Waals surface area contributed by atoms with E-state index in [1.807, 2.05) is 12.1 Å². The fourth-order valence-electron chi connectivity index (χ4n) is 1.87. The molecule has 0 aliphatic carbocycles. The van der Waals surface area contributed by atoms with Gasteiger partial charge in [0.05, 0.1) is 0 Å². The zero-order valence-corrected chi connectivity index (χ0v) is 14.6. The number of allylic oxidation sites excluding steroid dienone is 4. The molecule has 0 unspecified atom stereocenters. The van der Waals surface area contributed by atoms with Gasteiger partial charge in [-0.2, -0.15) is 0 Å². The standard InChI is InChI=1S/C19H26O3/c1-13(2)12-17(14(3)4)15-8-10-16(11-9-15)21-18(20)22-19(5,6)7/h8-12H,1-7H3. The van der Waals surface area contributed by atoms with E-state index in [4.69, 9.17) is 9.47 Å². The number of hydrogen-bond acceptors (Lipinski definition) is 3. The fourth-order valence-corrected chi connectivity index (χ4v) is 1.87. The molecule has 0 aromatic heterocycles. The lowest BCUT2D eigenvalue weighted by atomic mass is 9.99. The predicted molar refractivity (Wildman–Crippen MR) is 91.0 cm³/mol. The average molecular weight is 302 g/mol. The van der Waals surface area contributed by atoms with E-state index in [0.29, 0.717) is 5.75 Å². The third kappa shape index (κ3) is 6.17. The molecule has 0 amide bonds. The summed E-state index contributed by atoms with van der Waals surface area (Å²) in [5.74, 6) is 0.475. The van der Waals surface area contributed by atoms with E-state index in [1.54, 1.807) is 32.9 Å². The van der Waals surface area contributed by atoms with Crippen molar-refractivity contribution in [3.63, 3.8) is 0 Å². The molecule has 0 saturated carbocycles. The van der Waals surface area contributed by atoms with Crippen LogP contribution in [-0.2, 0) is 4.74 Å². The number of benzene rings is 1. The monoisotopic (exact) mass is 302 g/mol. The molecule has 0 atom stereocenters. The van der Waals surface area contributed by atoms with Crippen LogP contribution in [0.4, 0.5) is 4.79 Å². The maximum atomic E-state index is 11.6. The molecule has 1 aromatic carbocycles. The van der Waals surface area contributed by atoms with Crippen molar-refractivity contribution in [1.82, 2.24) is 0 Å². The first-order valence-corrected chi connectivity index (χ1v) is 7.42. The Morgan fingerprint density at radius 1 is 1.00 bits per heavy atom. The molecule has 120 valence electrons. The van der Waals surface area contributed by atoms with Crippen LogP contribution in [0.3, 0.4) is 0 Å². The highest BCUT2D eigenvalue weighted by atomic mass is 16.7. The lowest BCUT2D eigenvalue weighted by Gasteiger charge is -2.18. The highest BCUT2D eigenvalue weighted by Crippen LogP contribution is 2.24. The molecule has 0 fully saturated rings. The second-order valence-corrected chi connectivity index (χ2v) is 6.73. The summed E-state index contributed by atoms with van der Waals surface area (Å²) in [6, 6.07) is 7.45. The van der Waals surface area contributed by atoms with Crippen LogP contribution < -0.4 is 4.74 Å². The molecular weight excluding hydrogens is 276 g/mol. The smallest absolute Gasteiger partial charge is 0.428 e. The van der Waals surface area contributed by atoms with Crippen LogP contribution >= 0.6 is 0 Å². The maximum Gasteiger partial charge on any atom is 0.514 e. The van der Waals surface area contributed by atoms with Crippen LogP contribution in [0.2, 0.25) is 0 Å². The van der Waals surface area contributed by atoms with Gasteiger partial charge in [0.25, 0.3) is 0 Å². The molecule has 0 aliphatic rings. The largest absolute Gasteiger partial charge is 0.514 e.